The Hall–Kier alpha value is -1.67. The second-order valence-corrected chi connectivity index (χ2v) is 6.14. The first kappa shape index (κ1) is 15.4. The third-order valence-electron chi connectivity index (χ3n) is 2.14. The number of nitrogens with one attached hydrogen (secondary N) is 1. The Kier molecular flexibility index (Phi) is 4.84. The van der Waals surface area contributed by atoms with Gasteiger partial charge in [-0.15, -0.1) is 0 Å². The SMILES string of the molecule is CC(C)Oc1ccc([N+](=O)[O-])c(CNS(C)(=O)=O)c1. The van der Waals surface area contributed by atoms with Gasteiger partial charge in [0.1, 0.15) is 5.75 Å². The van der Waals surface area contributed by atoms with Crippen LogP contribution in [0.2, 0.25) is 0 Å². The van der Waals surface area contributed by atoms with Crippen LogP contribution in [0, 0.1) is 10.1 Å². The summed E-state index contributed by atoms with van der Waals surface area (Å²) in [6.45, 7) is 3.51. The van der Waals surface area contributed by atoms with Crippen molar-refractivity contribution in [2.24, 2.45) is 0 Å². The molecule has 1 N–H and O–H groups in total. The lowest BCUT2D eigenvalue weighted by Gasteiger charge is -2.11. The van der Waals surface area contributed by atoms with E-state index in [1.807, 2.05) is 13.8 Å². The standard InChI is InChI=1S/C11H16N2O5S/c1-8(2)18-10-4-5-11(13(14)15)9(6-10)7-12-19(3,16)17/h4-6,8,12H,7H2,1-3H3. The second kappa shape index (κ2) is 5.98. The van der Waals surface area contributed by atoms with E-state index >= 15 is 0 Å². The molecule has 106 valence electrons. The van der Waals surface area contributed by atoms with Gasteiger partial charge in [-0.2, -0.15) is 0 Å². The Labute approximate surface area is 111 Å². The highest BCUT2D eigenvalue weighted by Crippen LogP contribution is 2.24. The van der Waals surface area contributed by atoms with Crippen molar-refractivity contribution in [1.82, 2.24) is 4.72 Å². The molecule has 0 spiro atoms. The average molecular weight is 288 g/mol. The molecule has 0 aliphatic rings. The lowest BCUT2D eigenvalue weighted by molar-refractivity contribution is -0.385. The van der Waals surface area contributed by atoms with Gasteiger partial charge in [-0.25, -0.2) is 13.1 Å². The van der Waals surface area contributed by atoms with Crippen LogP contribution in [0.25, 0.3) is 0 Å². The average Bonchev–Trinajstić information content (AvgIpc) is 2.24. The van der Waals surface area contributed by atoms with E-state index in [2.05, 4.69) is 4.72 Å². The molecular weight excluding hydrogens is 272 g/mol. The molecule has 1 rings (SSSR count). The molecule has 0 saturated heterocycles. The number of nitro groups is 1. The maximum Gasteiger partial charge on any atom is 0.274 e. The molecule has 0 fully saturated rings. The summed E-state index contributed by atoms with van der Waals surface area (Å²) in [5, 5.41) is 10.9. The zero-order valence-corrected chi connectivity index (χ0v) is 11.7. The quantitative estimate of drug-likeness (QED) is 0.630. The van der Waals surface area contributed by atoms with E-state index in [0.717, 1.165) is 6.26 Å². The number of rotatable bonds is 6. The molecule has 0 unspecified atom stereocenters. The Bertz CT molecular complexity index is 568. The van der Waals surface area contributed by atoms with Crippen LogP contribution in [0.1, 0.15) is 19.4 Å². The van der Waals surface area contributed by atoms with Gasteiger partial charge >= 0.3 is 0 Å². The summed E-state index contributed by atoms with van der Waals surface area (Å²) in [4.78, 5) is 10.3. The predicted octanol–water partition coefficient (Wildman–Crippen LogP) is 1.43. The van der Waals surface area contributed by atoms with Crippen LogP contribution in [-0.4, -0.2) is 25.7 Å². The Morgan fingerprint density at radius 1 is 1.42 bits per heavy atom. The summed E-state index contributed by atoms with van der Waals surface area (Å²) >= 11 is 0. The van der Waals surface area contributed by atoms with Crippen molar-refractivity contribution in [3.63, 3.8) is 0 Å². The molecule has 0 radical (unpaired) electrons. The van der Waals surface area contributed by atoms with Crippen molar-refractivity contribution in [2.75, 3.05) is 6.26 Å². The predicted molar refractivity (Wildman–Crippen MR) is 70.5 cm³/mol. The zero-order chi connectivity index (χ0) is 14.6. The molecule has 0 aromatic heterocycles. The summed E-state index contributed by atoms with van der Waals surface area (Å²) < 4.78 is 29.7. The smallest absolute Gasteiger partial charge is 0.274 e. The molecule has 0 bridgehead atoms. The summed E-state index contributed by atoms with van der Waals surface area (Å²) in [7, 11) is -3.41. The van der Waals surface area contributed by atoms with E-state index in [4.69, 9.17) is 4.74 Å². The van der Waals surface area contributed by atoms with Crippen LogP contribution in [0.5, 0.6) is 5.75 Å². The molecule has 19 heavy (non-hydrogen) atoms. The Balaban J connectivity index is 3.05. The number of benzene rings is 1. The minimum Gasteiger partial charge on any atom is -0.491 e. The first-order chi connectivity index (χ1) is 8.69. The maximum atomic E-state index is 11.0. The minimum absolute atomic E-state index is 0.0721. The number of nitrogens with zero attached hydrogens (tertiary/aromatic N) is 1. The van der Waals surface area contributed by atoms with E-state index in [0.29, 0.717) is 5.75 Å². The largest absolute Gasteiger partial charge is 0.491 e. The second-order valence-electron chi connectivity index (χ2n) is 4.31. The van der Waals surface area contributed by atoms with Gasteiger partial charge in [-0.1, -0.05) is 0 Å². The van der Waals surface area contributed by atoms with Gasteiger partial charge in [0.05, 0.1) is 17.3 Å². The van der Waals surface area contributed by atoms with Gasteiger partial charge < -0.3 is 4.74 Å². The number of ether oxygens (including phenoxy) is 1. The lowest BCUT2D eigenvalue weighted by Crippen LogP contribution is -2.21. The minimum atomic E-state index is -3.41. The van der Waals surface area contributed by atoms with Crippen molar-refractivity contribution in [1.29, 1.82) is 0 Å². The molecule has 0 heterocycles. The molecule has 0 saturated carbocycles. The molecule has 0 atom stereocenters. The normalized spacial score (nSPS) is 11.6. The van der Waals surface area contributed by atoms with Crippen molar-refractivity contribution >= 4 is 15.7 Å². The molecule has 0 amide bonds. The lowest BCUT2D eigenvalue weighted by atomic mass is 10.1. The van der Waals surface area contributed by atoms with Gasteiger partial charge in [0.25, 0.3) is 5.69 Å². The van der Waals surface area contributed by atoms with Gasteiger partial charge in [0.15, 0.2) is 0 Å². The van der Waals surface area contributed by atoms with Crippen LogP contribution in [0.4, 0.5) is 5.69 Å². The van der Waals surface area contributed by atoms with Gasteiger partial charge in [0, 0.05) is 18.2 Å². The van der Waals surface area contributed by atoms with Crippen LogP contribution < -0.4 is 9.46 Å². The summed E-state index contributed by atoms with van der Waals surface area (Å²) in [5.74, 6) is 0.464. The van der Waals surface area contributed by atoms with Gasteiger partial charge in [-0.05, 0) is 26.0 Å². The number of hydrogen-bond donors (Lipinski definition) is 1. The summed E-state index contributed by atoms with van der Waals surface area (Å²) in [6.07, 6.45) is 0.921. The Morgan fingerprint density at radius 2 is 2.05 bits per heavy atom. The molecule has 0 aliphatic carbocycles. The highest BCUT2D eigenvalue weighted by atomic mass is 32.2. The van der Waals surface area contributed by atoms with Crippen LogP contribution in [-0.2, 0) is 16.6 Å². The fraction of sp³-hybridized carbons (Fsp3) is 0.455. The molecule has 1 aromatic rings. The Morgan fingerprint density at radius 3 is 2.53 bits per heavy atom. The topological polar surface area (TPSA) is 98.5 Å². The van der Waals surface area contributed by atoms with Crippen LogP contribution in [0.15, 0.2) is 18.2 Å². The monoisotopic (exact) mass is 288 g/mol. The highest BCUT2D eigenvalue weighted by Gasteiger charge is 2.16. The van der Waals surface area contributed by atoms with E-state index < -0.39 is 14.9 Å². The van der Waals surface area contributed by atoms with Crippen molar-refractivity contribution in [3.8, 4) is 5.75 Å². The van der Waals surface area contributed by atoms with E-state index in [1.54, 1.807) is 0 Å². The highest BCUT2D eigenvalue weighted by molar-refractivity contribution is 7.88. The van der Waals surface area contributed by atoms with Crippen molar-refractivity contribution in [2.45, 2.75) is 26.5 Å². The molecule has 7 nitrogen and oxygen atoms in total. The third-order valence-corrected chi connectivity index (χ3v) is 2.81. The third kappa shape index (κ3) is 5.23. The molecule has 8 heteroatoms. The number of sulfonamides is 1. The maximum absolute atomic E-state index is 11.0. The molecular formula is C11H16N2O5S. The summed E-state index contributed by atoms with van der Waals surface area (Å²) in [5.41, 5.74) is 0.112. The molecule has 0 aliphatic heterocycles. The van der Waals surface area contributed by atoms with Crippen LogP contribution in [0.3, 0.4) is 0 Å². The number of nitro benzene ring substituents is 1. The van der Waals surface area contributed by atoms with Gasteiger partial charge in [-0.3, -0.25) is 10.1 Å². The zero-order valence-electron chi connectivity index (χ0n) is 10.9. The van der Waals surface area contributed by atoms with Gasteiger partial charge in [0.2, 0.25) is 10.0 Å². The number of hydrogen-bond acceptors (Lipinski definition) is 5. The van der Waals surface area contributed by atoms with E-state index in [9.17, 15) is 18.5 Å². The van der Waals surface area contributed by atoms with Crippen molar-refractivity contribution < 1.29 is 18.1 Å². The summed E-state index contributed by atoms with van der Waals surface area (Å²) in [6, 6.07) is 4.26. The van der Waals surface area contributed by atoms with Crippen LogP contribution >= 0.6 is 0 Å². The van der Waals surface area contributed by atoms with E-state index in [-0.39, 0.29) is 23.9 Å². The fourth-order valence-electron chi connectivity index (χ4n) is 1.44. The molecule has 1 aromatic carbocycles. The van der Waals surface area contributed by atoms with Crippen molar-refractivity contribution in [3.05, 3.63) is 33.9 Å². The first-order valence-electron chi connectivity index (χ1n) is 5.57. The first-order valence-corrected chi connectivity index (χ1v) is 7.47. The fourth-order valence-corrected chi connectivity index (χ4v) is 1.85. The van der Waals surface area contributed by atoms with E-state index in [1.165, 1.54) is 18.2 Å².